The predicted molar refractivity (Wildman–Crippen MR) is 173 cm³/mol. The zero-order chi connectivity index (χ0) is 27.6. The van der Waals surface area contributed by atoms with E-state index in [4.69, 9.17) is 0 Å². The number of aromatic amines is 1. The monoisotopic (exact) mass is 532 g/mol. The molecular weight excluding hydrogens is 496 g/mol. The summed E-state index contributed by atoms with van der Waals surface area (Å²) < 4.78 is 0. The lowest BCUT2D eigenvalue weighted by Gasteiger charge is -2.37. The molecule has 0 spiro atoms. The van der Waals surface area contributed by atoms with E-state index in [-0.39, 0.29) is 12.0 Å². The van der Waals surface area contributed by atoms with Crippen molar-refractivity contribution in [2.24, 2.45) is 5.92 Å². The third-order valence-electron chi connectivity index (χ3n) is 8.99. The van der Waals surface area contributed by atoms with Gasteiger partial charge in [0.25, 0.3) is 0 Å². The largest absolute Gasteiger partial charge is 0.379 e. The number of hydrogen-bond donors (Lipinski definition) is 2. The van der Waals surface area contributed by atoms with Gasteiger partial charge in [0.1, 0.15) is 0 Å². The normalized spacial score (nSPS) is 23.4. The van der Waals surface area contributed by atoms with Crippen LogP contribution in [0.5, 0.6) is 0 Å². The predicted octanol–water partition coefficient (Wildman–Crippen LogP) is 9.42. The Hall–Kier alpha value is -4.56. The average molecular weight is 533 g/mol. The maximum Gasteiger partial charge on any atom is 0.0448 e. The Bertz CT molecular complexity index is 1660. The molecule has 3 aromatic carbocycles. The molecule has 3 unspecified atom stereocenters. The smallest absolute Gasteiger partial charge is 0.0448 e. The van der Waals surface area contributed by atoms with E-state index in [0.717, 1.165) is 19.3 Å². The molecule has 2 nitrogen and oxygen atoms in total. The molecule has 7 rings (SSSR count). The highest BCUT2D eigenvalue weighted by atomic mass is 14.9. The van der Waals surface area contributed by atoms with Crippen molar-refractivity contribution >= 4 is 22.4 Å². The summed E-state index contributed by atoms with van der Waals surface area (Å²) in [6.07, 6.45) is 17.0. The van der Waals surface area contributed by atoms with E-state index in [2.05, 4.69) is 145 Å². The Morgan fingerprint density at radius 3 is 2.05 bits per heavy atom. The number of benzene rings is 3. The van der Waals surface area contributed by atoms with Crippen LogP contribution in [-0.2, 0) is 0 Å². The molecule has 3 atom stereocenters. The molecule has 2 heteroatoms. The third kappa shape index (κ3) is 5.18. The second-order valence-electron chi connectivity index (χ2n) is 11.5. The van der Waals surface area contributed by atoms with E-state index in [1.165, 1.54) is 55.9 Å². The third-order valence-corrected chi connectivity index (χ3v) is 8.99. The molecular formula is C39H36N2. The van der Waals surface area contributed by atoms with Gasteiger partial charge in [-0.15, -0.1) is 0 Å². The summed E-state index contributed by atoms with van der Waals surface area (Å²) in [6.45, 7) is 2.30. The molecule has 202 valence electrons. The van der Waals surface area contributed by atoms with Crippen molar-refractivity contribution in [3.8, 4) is 0 Å². The van der Waals surface area contributed by atoms with E-state index < -0.39 is 0 Å². The minimum absolute atomic E-state index is 0.263. The van der Waals surface area contributed by atoms with Gasteiger partial charge < -0.3 is 10.3 Å². The van der Waals surface area contributed by atoms with E-state index >= 15 is 0 Å². The number of fused-ring (bicyclic) bond motifs is 2. The Labute approximate surface area is 243 Å². The number of H-pyrrole nitrogens is 1. The second-order valence-corrected chi connectivity index (χ2v) is 11.5. The summed E-state index contributed by atoms with van der Waals surface area (Å²) in [5.74, 6) is 0.644. The first kappa shape index (κ1) is 25.4. The minimum atomic E-state index is 0.263. The summed E-state index contributed by atoms with van der Waals surface area (Å²) in [6, 6.07) is 35.7. The summed E-state index contributed by atoms with van der Waals surface area (Å²) in [5.41, 5.74) is 13.4. The number of nitrogens with one attached hydrogen (secondary N) is 2. The van der Waals surface area contributed by atoms with Gasteiger partial charge in [-0.1, -0.05) is 115 Å². The maximum atomic E-state index is 3.90. The SMILES string of the molecule is CC1N/C(c2ccc(C3=CC=C(c4ccc[nH]4)CC3)cc2)=C\C(c2ccccc2)C2CC1=CC=C2c1ccccc1. The maximum absolute atomic E-state index is 3.90. The number of allylic oxidation sites excluding steroid dienone is 8. The van der Waals surface area contributed by atoms with Crippen LogP contribution in [0.25, 0.3) is 22.4 Å². The van der Waals surface area contributed by atoms with Gasteiger partial charge in [0, 0.05) is 29.5 Å². The van der Waals surface area contributed by atoms with Gasteiger partial charge in [-0.25, -0.2) is 0 Å². The average Bonchev–Trinajstić information content (AvgIpc) is 3.59. The summed E-state index contributed by atoms with van der Waals surface area (Å²) >= 11 is 0. The van der Waals surface area contributed by atoms with Gasteiger partial charge >= 0.3 is 0 Å². The van der Waals surface area contributed by atoms with Gasteiger partial charge in [0.05, 0.1) is 0 Å². The standard InChI is InChI=1S/C39H36N2/c1-27-34-22-23-35(30-9-4-2-5-10-30)37(25-34)36(31-11-6-3-7-12-31)26-39(41-27)33-20-16-29(17-21-33)28-14-18-32(19-15-28)38-13-8-24-40-38/h2-14,16-18,20-24,26-27,36-37,40-41H,15,19,25H2,1H3/b39-26-. The van der Waals surface area contributed by atoms with Crippen LogP contribution in [0.15, 0.2) is 139 Å². The Kier molecular flexibility index (Phi) is 6.90. The van der Waals surface area contributed by atoms with Crippen LogP contribution in [0.3, 0.4) is 0 Å². The van der Waals surface area contributed by atoms with E-state index in [9.17, 15) is 0 Å². The number of hydrogen-bond acceptors (Lipinski definition) is 1. The van der Waals surface area contributed by atoms with E-state index in [0.29, 0.717) is 5.92 Å². The van der Waals surface area contributed by atoms with Gasteiger partial charge in [-0.2, -0.15) is 0 Å². The van der Waals surface area contributed by atoms with Crippen LogP contribution >= 0.6 is 0 Å². The van der Waals surface area contributed by atoms with Crippen LogP contribution < -0.4 is 5.32 Å². The number of rotatable bonds is 5. The Morgan fingerprint density at radius 2 is 1.34 bits per heavy atom. The van der Waals surface area contributed by atoms with Gasteiger partial charge in [0.15, 0.2) is 0 Å². The summed E-state index contributed by atoms with van der Waals surface area (Å²) in [4.78, 5) is 3.34. The minimum Gasteiger partial charge on any atom is -0.379 e. The van der Waals surface area contributed by atoms with Crippen molar-refractivity contribution in [3.05, 3.63) is 167 Å². The molecule has 0 saturated heterocycles. The van der Waals surface area contributed by atoms with Gasteiger partial charge in [-0.3, -0.25) is 0 Å². The Morgan fingerprint density at radius 1 is 0.634 bits per heavy atom. The van der Waals surface area contributed by atoms with E-state index in [1.54, 1.807) is 0 Å². The number of aromatic nitrogens is 1. The molecule has 4 aromatic rings. The highest BCUT2D eigenvalue weighted by Gasteiger charge is 2.32. The molecule has 2 aliphatic carbocycles. The lowest BCUT2D eigenvalue weighted by atomic mass is 9.71. The molecule has 1 aliphatic heterocycles. The molecule has 2 heterocycles. The first-order chi connectivity index (χ1) is 20.2. The van der Waals surface area contributed by atoms with Crippen molar-refractivity contribution in [1.82, 2.24) is 10.3 Å². The molecule has 2 bridgehead atoms. The van der Waals surface area contributed by atoms with Crippen molar-refractivity contribution in [2.45, 2.75) is 38.1 Å². The van der Waals surface area contributed by atoms with Gasteiger partial charge in [-0.05, 0) is 88.8 Å². The first-order valence-corrected chi connectivity index (χ1v) is 14.9. The molecule has 41 heavy (non-hydrogen) atoms. The molecule has 0 radical (unpaired) electrons. The highest BCUT2D eigenvalue weighted by molar-refractivity contribution is 5.79. The molecule has 0 fully saturated rings. The zero-order valence-electron chi connectivity index (χ0n) is 23.6. The summed E-state index contributed by atoms with van der Waals surface area (Å²) in [7, 11) is 0. The topological polar surface area (TPSA) is 27.8 Å². The molecule has 0 saturated carbocycles. The van der Waals surface area contributed by atoms with Gasteiger partial charge in [0.2, 0.25) is 0 Å². The van der Waals surface area contributed by atoms with Crippen molar-refractivity contribution in [2.75, 3.05) is 0 Å². The van der Waals surface area contributed by atoms with E-state index in [1.807, 2.05) is 6.20 Å². The molecule has 1 aromatic heterocycles. The lowest BCUT2D eigenvalue weighted by Crippen LogP contribution is -2.32. The Balaban J connectivity index is 1.24. The molecule has 3 aliphatic rings. The fourth-order valence-electron chi connectivity index (χ4n) is 6.68. The van der Waals surface area contributed by atoms with Crippen molar-refractivity contribution < 1.29 is 0 Å². The van der Waals surface area contributed by atoms with Crippen LogP contribution in [0.1, 0.15) is 60.1 Å². The zero-order valence-corrected chi connectivity index (χ0v) is 23.6. The second kappa shape index (κ2) is 11.1. The van der Waals surface area contributed by atoms with Crippen molar-refractivity contribution in [3.63, 3.8) is 0 Å². The fourth-order valence-corrected chi connectivity index (χ4v) is 6.68. The van der Waals surface area contributed by atoms with Crippen LogP contribution in [-0.4, -0.2) is 11.0 Å². The fraction of sp³-hybridized carbons (Fsp3) is 0.179. The van der Waals surface area contributed by atoms with Crippen LogP contribution in [0, 0.1) is 5.92 Å². The molecule has 2 N–H and O–H groups in total. The van der Waals surface area contributed by atoms with Crippen LogP contribution in [0.4, 0.5) is 0 Å². The summed E-state index contributed by atoms with van der Waals surface area (Å²) in [5, 5.41) is 3.90. The lowest BCUT2D eigenvalue weighted by molar-refractivity contribution is 0.541. The first-order valence-electron chi connectivity index (χ1n) is 14.9. The highest BCUT2D eigenvalue weighted by Crippen LogP contribution is 2.45. The molecule has 0 amide bonds. The van der Waals surface area contributed by atoms with Crippen LogP contribution in [0.2, 0.25) is 0 Å². The quantitative estimate of drug-likeness (QED) is 0.263. The van der Waals surface area contributed by atoms with Crippen molar-refractivity contribution in [1.29, 1.82) is 0 Å².